The number of anilines is 1. The molecule has 2 aromatic rings. The van der Waals surface area contributed by atoms with Crippen LogP contribution in [0.4, 0.5) is 10.1 Å². The summed E-state index contributed by atoms with van der Waals surface area (Å²) in [5.41, 5.74) is 1.89. The van der Waals surface area contributed by atoms with Crippen LogP contribution in [-0.2, 0) is 4.79 Å². The van der Waals surface area contributed by atoms with E-state index < -0.39 is 0 Å². The standard InChI is InChI=1S/C24H27FN4O3/c25-18-7-9-19(10-8-18)28-16-14-27(15-17-28)13-11-26-22(30)6-3-12-29-23(31)20-4-1-2-5-21(20)24(29)32/h1-2,4-5,7-10H,3,6,11-17H2,(H,26,30). The minimum absolute atomic E-state index is 0.0773. The zero-order valence-corrected chi connectivity index (χ0v) is 17.9. The number of carbonyl (C=O) groups excluding carboxylic acids is 3. The molecule has 168 valence electrons. The normalized spacial score (nSPS) is 16.4. The van der Waals surface area contributed by atoms with Crippen LogP contribution < -0.4 is 10.2 Å². The van der Waals surface area contributed by atoms with Gasteiger partial charge in [0.2, 0.25) is 5.91 Å². The molecule has 0 aromatic heterocycles. The number of nitrogens with zero attached hydrogens (tertiary/aromatic N) is 3. The summed E-state index contributed by atoms with van der Waals surface area (Å²) in [4.78, 5) is 42.6. The lowest BCUT2D eigenvalue weighted by molar-refractivity contribution is -0.121. The Morgan fingerprint density at radius 2 is 1.50 bits per heavy atom. The van der Waals surface area contributed by atoms with Gasteiger partial charge in [0.25, 0.3) is 11.8 Å². The maximum Gasteiger partial charge on any atom is 0.261 e. The molecule has 1 N–H and O–H groups in total. The second-order valence-corrected chi connectivity index (χ2v) is 8.07. The Kier molecular flexibility index (Phi) is 6.80. The third-order valence-corrected chi connectivity index (χ3v) is 5.98. The molecule has 0 atom stereocenters. The molecule has 1 saturated heterocycles. The maximum absolute atomic E-state index is 13.1. The van der Waals surface area contributed by atoms with Crippen LogP contribution in [0.3, 0.4) is 0 Å². The summed E-state index contributed by atoms with van der Waals surface area (Å²) < 4.78 is 13.1. The van der Waals surface area contributed by atoms with Gasteiger partial charge in [0.1, 0.15) is 5.82 Å². The van der Waals surface area contributed by atoms with Crippen molar-refractivity contribution in [1.82, 2.24) is 15.1 Å². The van der Waals surface area contributed by atoms with Gasteiger partial charge < -0.3 is 10.2 Å². The van der Waals surface area contributed by atoms with Crippen molar-refractivity contribution in [2.75, 3.05) is 50.7 Å². The number of imide groups is 1. The second-order valence-electron chi connectivity index (χ2n) is 8.07. The molecule has 0 saturated carbocycles. The molecular formula is C24H27FN4O3. The minimum Gasteiger partial charge on any atom is -0.369 e. The zero-order valence-electron chi connectivity index (χ0n) is 17.9. The summed E-state index contributed by atoms with van der Waals surface area (Å²) >= 11 is 0. The molecule has 2 aliphatic heterocycles. The van der Waals surface area contributed by atoms with Gasteiger partial charge in [-0.3, -0.25) is 24.2 Å². The molecule has 32 heavy (non-hydrogen) atoms. The number of piperazine rings is 1. The highest BCUT2D eigenvalue weighted by molar-refractivity contribution is 6.21. The summed E-state index contributed by atoms with van der Waals surface area (Å²) in [5, 5.41) is 2.92. The Morgan fingerprint density at radius 1 is 0.875 bits per heavy atom. The summed E-state index contributed by atoms with van der Waals surface area (Å²) in [6.07, 6.45) is 0.708. The number of rotatable bonds is 8. The molecule has 0 radical (unpaired) electrons. The van der Waals surface area contributed by atoms with Crippen LogP contribution in [0.5, 0.6) is 0 Å². The monoisotopic (exact) mass is 438 g/mol. The first-order valence-corrected chi connectivity index (χ1v) is 11.0. The summed E-state index contributed by atoms with van der Waals surface area (Å²) in [6, 6.07) is 13.3. The quantitative estimate of drug-likeness (QED) is 0.640. The minimum atomic E-state index is -0.286. The van der Waals surface area contributed by atoms with Crippen LogP contribution in [0.25, 0.3) is 0 Å². The average molecular weight is 439 g/mol. The maximum atomic E-state index is 13.1. The Bertz CT molecular complexity index is 952. The van der Waals surface area contributed by atoms with Gasteiger partial charge in [-0.05, 0) is 42.8 Å². The van der Waals surface area contributed by atoms with E-state index in [-0.39, 0.29) is 36.5 Å². The number of hydrogen-bond acceptors (Lipinski definition) is 5. The Balaban J connectivity index is 1.11. The highest BCUT2D eigenvalue weighted by Gasteiger charge is 2.34. The molecule has 2 aliphatic rings. The van der Waals surface area contributed by atoms with E-state index in [1.807, 2.05) is 0 Å². The molecule has 8 heteroatoms. The first-order valence-electron chi connectivity index (χ1n) is 11.0. The van der Waals surface area contributed by atoms with Gasteiger partial charge in [0.05, 0.1) is 11.1 Å². The highest BCUT2D eigenvalue weighted by atomic mass is 19.1. The lowest BCUT2D eigenvalue weighted by atomic mass is 10.1. The predicted molar refractivity (Wildman–Crippen MR) is 119 cm³/mol. The van der Waals surface area contributed by atoms with E-state index in [2.05, 4.69) is 15.1 Å². The van der Waals surface area contributed by atoms with Crippen LogP contribution in [0, 0.1) is 5.82 Å². The summed E-state index contributed by atoms with van der Waals surface area (Å²) in [6.45, 7) is 5.05. The van der Waals surface area contributed by atoms with Crippen LogP contribution in [-0.4, -0.2) is 73.3 Å². The van der Waals surface area contributed by atoms with Crippen molar-refractivity contribution in [3.8, 4) is 0 Å². The van der Waals surface area contributed by atoms with Crippen LogP contribution in [0.1, 0.15) is 33.6 Å². The number of fused-ring (bicyclic) bond motifs is 1. The van der Waals surface area contributed by atoms with Crippen molar-refractivity contribution in [3.05, 3.63) is 65.5 Å². The first-order chi connectivity index (χ1) is 15.5. The van der Waals surface area contributed by atoms with Crippen molar-refractivity contribution in [2.24, 2.45) is 0 Å². The van der Waals surface area contributed by atoms with Crippen LogP contribution in [0.15, 0.2) is 48.5 Å². The van der Waals surface area contributed by atoms with Crippen molar-refractivity contribution in [2.45, 2.75) is 12.8 Å². The fourth-order valence-electron chi connectivity index (χ4n) is 4.16. The molecule has 0 bridgehead atoms. The van der Waals surface area contributed by atoms with Crippen LogP contribution in [0.2, 0.25) is 0 Å². The number of halogens is 1. The van der Waals surface area contributed by atoms with Crippen LogP contribution >= 0.6 is 0 Å². The largest absolute Gasteiger partial charge is 0.369 e. The molecule has 0 aliphatic carbocycles. The van der Waals surface area contributed by atoms with Gasteiger partial charge in [0, 0.05) is 57.9 Å². The fraction of sp³-hybridized carbons (Fsp3) is 0.375. The first kappa shape index (κ1) is 22.0. The number of nitrogens with one attached hydrogen (secondary N) is 1. The molecule has 0 spiro atoms. The molecular weight excluding hydrogens is 411 g/mol. The highest BCUT2D eigenvalue weighted by Crippen LogP contribution is 2.22. The van der Waals surface area contributed by atoms with Gasteiger partial charge in [-0.1, -0.05) is 12.1 Å². The van der Waals surface area contributed by atoms with Gasteiger partial charge in [-0.2, -0.15) is 0 Å². The number of amides is 3. The number of carbonyl (C=O) groups is 3. The van der Waals surface area contributed by atoms with E-state index in [4.69, 9.17) is 0 Å². The summed E-state index contributed by atoms with van der Waals surface area (Å²) in [5.74, 6) is -0.880. The molecule has 7 nitrogen and oxygen atoms in total. The topological polar surface area (TPSA) is 73.0 Å². The fourth-order valence-corrected chi connectivity index (χ4v) is 4.16. The Morgan fingerprint density at radius 3 is 2.12 bits per heavy atom. The van der Waals surface area contributed by atoms with Crippen molar-refractivity contribution in [3.63, 3.8) is 0 Å². The number of hydrogen-bond donors (Lipinski definition) is 1. The van der Waals surface area contributed by atoms with Gasteiger partial charge >= 0.3 is 0 Å². The van der Waals surface area contributed by atoms with E-state index in [0.717, 1.165) is 38.4 Å². The van der Waals surface area contributed by atoms with E-state index in [1.54, 1.807) is 36.4 Å². The number of benzene rings is 2. The predicted octanol–water partition coefficient (Wildman–Crippen LogP) is 2.14. The van der Waals surface area contributed by atoms with E-state index in [0.29, 0.717) is 24.1 Å². The molecule has 0 unspecified atom stereocenters. The third kappa shape index (κ3) is 4.96. The molecule has 4 rings (SSSR count). The van der Waals surface area contributed by atoms with Gasteiger partial charge in [0.15, 0.2) is 0 Å². The lowest BCUT2D eigenvalue weighted by Gasteiger charge is -2.36. The smallest absolute Gasteiger partial charge is 0.261 e. The SMILES string of the molecule is O=C(CCCN1C(=O)c2ccccc2C1=O)NCCN1CCN(c2ccc(F)cc2)CC1. The van der Waals surface area contributed by atoms with E-state index >= 15 is 0 Å². The molecule has 2 aromatic carbocycles. The molecule has 3 amide bonds. The second kappa shape index (κ2) is 9.91. The van der Waals surface area contributed by atoms with Crippen molar-refractivity contribution in [1.29, 1.82) is 0 Å². The van der Waals surface area contributed by atoms with Gasteiger partial charge in [-0.15, -0.1) is 0 Å². The Hall–Kier alpha value is -3.26. The van der Waals surface area contributed by atoms with E-state index in [1.165, 1.54) is 17.0 Å². The van der Waals surface area contributed by atoms with Gasteiger partial charge in [-0.25, -0.2) is 4.39 Å². The molecule has 2 heterocycles. The lowest BCUT2D eigenvalue weighted by Crippen LogP contribution is -2.48. The zero-order chi connectivity index (χ0) is 22.5. The molecule has 1 fully saturated rings. The third-order valence-electron chi connectivity index (χ3n) is 5.98. The van der Waals surface area contributed by atoms with E-state index in [9.17, 15) is 18.8 Å². The van der Waals surface area contributed by atoms with Crippen molar-refractivity contribution >= 4 is 23.4 Å². The van der Waals surface area contributed by atoms with Crippen molar-refractivity contribution < 1.29 is 18.8 Å². The average Bonchev–Trinajstić information content (AvgIpc) is 3.05. The Labute approximate surface area is 186 Å². The summed E-state index contributed by atoms with van der Waals surface area (Å²) in [7, 11) is 0.